The first kappa shape index (κ1) is 17.5. The van der Waals surface area contributed by atoms with E-state index in [9.17, 15) is 4.39 Å². The number of H-pyrrole nitrogens is 2. The van der Waals surface area contributed by atoms with Crippen molar-refractivity contribution in [2.24, 2.45) is 0 Å². The van der Waals surface area contributed by atoms with Crippen molar-refractivity contribution >= 4 is 38.7 Å². The maximum absolute atomic E-state index is 13.6. The predicted octanol–water partition coefficient (Wildman–Crippen LogP) is 4.75. The van der Waals surface area contributed by atoms with Crippen molar-refractivity contribution < 1.29 is 4.39 Å². The molecule has 0 fully saturated rings. The molecule has 30 heavy (non-hydrogen) atoms. The third-order valence-corrected chi connectivity index (χ3v) is 6.39. The van der Waals surface area contributed by atoms with Gasteiger partial charge in [-0.25, -0.2) is 0 Å². The molecule has 1 aliphatic rings. The van der Waals surface area contributed by atoms with Crippen LogP contribution >= 0.6 is 11.3 Å². The van der Waals surface area contributed by atoms with Crippen LogP contribution in [0.2, 0.25) is 0 Å². The van der Waals surface area contributed by atoms with Gasteiger partial charge in [0, 0.05) is 34.0 Å². The molecule has 0 unspecified atom stereocenters. The summed E-state index contributed by atoms with van der Waals surface area (Å²) in [5.41, 5.74) is 6.65. The molecular weight excluding hydrogens is 399 g/mol. The number of nitrogens with one attached hydrogen (secondary N) is 3. The van der Waals surface area contributed by atoms with E-state index in [0.717, 1.165) is 80.2 Å². The Bertz CT molecular complexity index is 1430. The number of halogens is 1. The Kier molecular flexibility index (Phi) is 4.00. The van der Waals surface area contributed by atoms with E-state index in [1.54, 1.807) is 18.5 Å². The molecule has 6 nitrogen and oxygen atoms in total. The van der Waals surface area contributed by atoms with Crippen molar-refractivity contribution in [1.82, 2.24) is 30.5 Å². The fourth-order valence-electron chi connectivity index (χ4n) is 3.99. The molecule has 3 N–H and O–H groups in total. The molecule has 5 aromatic rings. The van der Waals surface area contributed by atoms with Crippen molar-refractivity contribution in [3.8, 4) is 21.8 Å². The van der Waals surface area contributed by atoms with Gasteiger partial charge in [-0.1, -0.05) is 6.08 Å². The van der Waals surface area contributed by atoms with Crippen LogP contribution in [0.1, 0.15) is 12.1 Å². The van der Waals surface area contributed by atoms with E-state index in [1.165, 1.54) is 11.6 Å². The van der Waals surface area contributed by atoms with Gasteiger partial charge < -0.3 is 10.3 Å². The van der Waals surface area contributed by atoms with E-state index >= 15 is 0 Å². The van der Waals surface area contributed by atoms with E-state index in [2.05, 4.69) is 48.7 Å². The van der Waals surface area contributed by atoms with Gasteiger partial charge in [0.2, 0.25) is 0 Å². The third kappa shape index (κ3) is 2.84. The largest absolute Gasteiger partial charge is 0.352 e. The fourth-order valence-corrected chi connectivity index (χ4v) is 4.74. The zero-order chi connectivity index (χ0) is 20.1. The summed E-state index contributed by atoms with van der Waals surface area (Å²) in [7, 11) is 0. The van der Waals surface area contributed by atoms with Crippen LogP contribution in [0.3, 0.4) is 0 Å². The molecule has 0 atom stereocenters. The highest BCUT2D eigenvalue weighted by Crippen LogP contribution is 2.36. The van der Waals surface area contributed by atoms with Crippen LogP contribution in [0.5, 0.6) is 0 Å². The zero-order valence-electron chi connectivity index (χ0n) is 15.9. The van der Waals surface area contributed by atoms with Gasteiger partial charge in [-0.2, -0.15) is 9.49 Å². The second kappa shape index (κ2) is 6.86. The average molecular weight is 416 g/mol. The minimum Gasteiger partial charge on any atom is -0.352 e. The van der Waals surface area contributed by atoms with Gasteiger partial charge in [0.25, 0.3) is 0 Å². The van der Waals surface area contributed by atoms with Crippen LogP contribution < -0.4 is 5.32 Å². The number of hydrogen-bond acceptors (Lipinski definition) is 5. The predicted molar refractivity (Wildman–Crippen MR) is 118 cm³/mol. The number of thiophene rings is 1. The third-order valence-electron chi connectivity index (χ3n) is 5.48. The van der Waals surface area contributed by atoms with Gasteiger partial charge in [-0.3, -0.25) is 15.1 Å². The van der Waals surface area contributed by atoms with Gasteiger partial charge >= 0.3 is 0 Å². The van der Waals surface area contributed by atoms with Crippen LogP contribution in [0.15, 0.2) is 48.9 Å². The van der Waals surface area contributed by atoms with Crippen molar-refractivity contribution in [2.45, 2.75) is 6.42 Å². The molecule has 0 bridgehead atoms. The molecule has 6 heterocycles. The lowest BCUT2D eigenvalue weighted by Crippen LogP contribution is -2.20. The second-order valence-electron chi connectivity index (χ2n) is 7.31. The summed E-state index contributed by atoms with van der Waals surface area (Å²) in [6, 6.07) is 7.43. The van der Waals surface area contributed by atoms with Gasteiger partial charge in [-0.15, -0.1) is 11.3 Å². The summed E-state index contributed by atoms with van der Waals surface area (Å²) in [5.74, 6) is 0. The van der Waals surface area contributed by atoms with Gasteiger partial charge in [0.05, 0.1) is 34.8 Å². The lowest BCUT2D eigenvalue weighted by Gasteiger charge is -2.13. The first-order valence-electron chi connectivity index (χ1n) is 9.73. The standard InChI is InChI=1S/C22H17FN6S/c23-21-2-1-20(30-21)15-9-25-10-18-13(15)7-17(27-18)22-14-8-16(12-3-5-24-6-4-12)26-11-19(14)28-29-22/h1-3,7-11,24,27H,4-6H2,(H,28,29). The molecule has 1 aliphatic heterocycles. The molecule has 0 saturated heterocycles. The van der Waals surface area contributed by atoms with Gasteiger partial charge in [0.1, 0.15) is 5.69 Å². The fraction of sp³-hybridized carbons (Fsp3) is 0.136. The minimum absolute atomic E-state index is 0.205. The summed E-state index contributed by atoms with van der Waals surface area (Å²) in [4.78, 5) is 13.2. The molecule has 8 heteroatoms. The molecule has 6 rings (SSSR count). The Morgan fingerprint density at radius 3 is 2.83 bits per heavy atom. The van der Waals surface area contributed by atoms with Crippen LogP contribution in [-0.4, -0.2) is 38.2 Å². The summed E-state index contributed by atoms with van der Waals surface area (Å²) < 4.78 is 13.6. The summed E-state index contributed by atoms with van der Waals surface area (Å²) in [6.45, 7) is 1.83. The van der Waals surface area contributed by atoms with Crippen LogP contribution in [-0.2, 0) is 0 Å². The highest BCUT2D eigenvalue weighted by atomic mass is 32.1. The minimum atomic E-state index is -0.205. The Morgan fingerprint density at radius 1 is 1.03 bits per heavy atom. The van der Waals surface area contributed by atoms with Crippen molar-refractivity contribution in [2.75, 3.05) is 13.1 Å². The van der Waals surface area contributed by atoms with Crippen molar-refractivity contribution in [3.05, 3.63) is 59.8 Å². The molecule has 0 aromatic carbocycles. The molecule has 5 aromatic heterocycles. The second-order valence-corrected chi connectivity index (χ2v) is 8.34. The SMILES string of the molecule is Fc1ccc(-c2cncc3[nH]c(-c4n[nH]c5cnc(C6=CCNCC6)cc45)cc23)s1. The summed E-state index contributed by atoms with van der Waals surface area (Å²) in [5, 5.41) is 12.8. The van der Waals surface area contributed by atoms with E-state index in [0.29, 0.717) is 0 Å². The van der Waals surface area contributed by atoms with E-state index in [-0.39, 0.29) is 5.13 Å². The van der Waals surface area contributed by atoms with Crippen molar-refractivity contribution in [1.29, 1.82) is 0 Å². The van der Waals surface area contributed by atoms with E-state index in [1.807, 2.05) is 6.20 Å². The molecular formula is C22H17FN6S. The summed E-state index contributed by atoms with van der Waals surface area (Å²) in [6.07, 6.45) is 8.56. The lowest BCUT2D eigenvalue weighted by atomic mass is 10.0. The summed E-state index contributed by atoms with van der Waals surface area (Å²) >= 11 is 1.12. The zero-order valence-corrected chi connectivity index (χ0v) is 16.7. The molecule has 0 saturated carbocycles. The van der Waals surface area contributed by atoms with Crippen molar-refractivity contribution in [3.63, 3.8) is 0 Å². The normalized spacial score (nSPS) is 14.5. The van der Waals surface area contributed by atoms with Crippen LogP contribution in [0.25, 0.3) is 49.2 Å². The quantitative estimate of drug-likeness (QED) is 0.397. The Labute approximate surface area is 174 Å². The number of rotatable bonds is 3. The van der Waals surface area contributed by atoms with Gasteiger partial charge in [0.15, 0.2) is 5.13 Å². The number of aromatic amines is 2. The monoisotopic (exact) mass is 416 g/mol. The van der Waals surface area contributed by atoms with E-state index in [4.69, 9.17) is 0 Å². The highest BCUT2D eigenvalue weighted by Gasteiger charge is 2.16. The average Bonchev–Trinajstić information content (AvgIpc) is 3.51. The number of pyridine rings is 2. The molecule has 0 amide bonds. The number of nitrogens with zero attached hydrogens (tertiary/aromatic N) is 3. The Hall–Kier alpha value is -3.36. The molecule has 0 aliphatic carbocycles. The maximum Gasteiger partial charge on any atom is 0.176 e. The van der Waals surface area contributed by atoms with Crippen LogP contribution in [0.4, 0.5) is 4.39 Å². The molecule has 0 radical (unpaired) electrons. The maximum atomic E-state index is 13.6. The first-order valence-corrected chi connectivity index (χ1v) is 10.5. The van der Waals surface area contributed by atoms with E-state index < -0.39 is 0 Å². The Balaban J connectivity index is 1.49. The number of hydrogen-bond donors (Lipinski definition) is 3. The molecule has 0 spiro atoms. The Morgan fingerprint density at radius 2 is 2.00 bits per heavy atom. The topological polar surface area (TPSA) is 82.3 Å². The smallest absolute Gasteiger partial charge is 0.176 e. The lowest BCUT2D eigenvalue weighted by molar-refractivity contribution is 0.657. The van der Waals surface area contributed by atoms with Gasteiger partial charge in [-0.05, 0) is 42.8 Å². The molecule has 148 valence electrons. The highest BCUT2D eigenvalue weighted by molar-refractivity contribution is 7.14. The number of fused-ring (bicyclic) bond motifs is 2. The first-order chi connectivity index (χ1) is 14.8. The van der Waals surface area contributed by atoms with Crippen LogP contribution in [0, 0.1) is 5.13 Å². The number of aromatic nitrogens is 5.